The van der Waals surface area contributed by atoms with Crippen LogP contribution in [0.2, 0.25) is 0 Å². The summed E-state index contributed by atoms with van der Waals surface area (Å²) >= 11 is 0. The Kier molecular flexibility index (Phi) is 3.07. The zero-order valence-electron chi connectivity index (χ0n) is 6.21. The average molecular weight is 138 g/mol. The fourth-order valence-corrected chi connectivity index (χ4v) is 1.31. The molecule has 0 bridgehead atoms. The Morgan fingerprint density at radius 1 is 1.60 bits per heavy atom. The van der Waals surface area contributed by atoms with Crippen molar-refractivity contribution in [1.82, 2.24) is 0 Å². The van der Waals surface area contributed by atoms with Crippen molar-refractivity contribution >= 4 is 0 Å². The van der Waals surface area contributed by atoms with Crippen LogP contribution >= 0.6 is 0 Å². The van der Waals surface area contributed by atoms with E-state index in [1.165, 1.54) is 19.3 Å². The van der Waals surface area contributed by atoms with Crippen LogP contribution in [0.4, 0.5) is 0 Å². The first kappa shape index (κ1) is 7.39. The third-order valence-corrected chi connectivity index (χ3v) is 1.87. The van der Waals surface area contributed by atoms with E-state index < -0.39 is 0 Å². The lowest BCUT2D eigenvalue weighted by molar-refractivity contribution is 0.470. The number of allylic oxidation sites excluding steroid dienone is 3. The summed E-state index contributed by atoms with van der Waals surface area (Å²) < 4.78 is 0. The number of hydrogen-bond donors (Lipinski definition) is 1. The molecule has 0 fully saturated rings. The summed E-state index contributed by atoms with van der Waals surface area (Å²) in [5.41, 5.74) is 1.57. The van der Waals surface area contributed by atoms with Gasteiger partial charge in [-0.1, -0.05) is 11.6 Å². The van der Waals surface area contributed by atoms with Gasteiger partial charge in [0.1, 0.15) is 0 Å². The van der Waals surface area contributed by atoms with Crippen LogP contribution in [0.3, 0.4) is 0 Å². The second-order valence-electron chi connectivity index (χ2n) is 2.68. The Balaban J connectivity index is 2.12. The zero-order chi connectivity index (χ0) is 7.23. The second-order valence-corrected chi connectivity index (χ2v) is 2.68. The monoisotopic (exact) mass is 138 g/mol. The summed E-state index contributed by atoms with van der Waals surface area (Å²) in [6.07, 6.45) is 11.3. The van der Waals surface area contributed by atoms with Gasteiger partial charge in [-0.15, -0.1) is 0 Å². The van der Waals surface area contributed by atoms with Crippen molar-refractivity contribution < 1.29 is 5.11 Å². The smallest absolute Gasteiger partial charge is 0.0751 e. The van der Waals surface area contributed by atoms with E-state index in [9.17, 15) is 0 Å². The molecule has 0 saturated carbocycles. The van der Waals surface area contributed by atoms with Gasteiger partial charge in [-0.2, -0.15) is 0 Å². The Morgan fingerprint density at radius 3 is 3.10 bits per heavy atom. The number of hydrogen-bond acceptors (Lipinski definition) is 1. The fraction of sp³-hybridized carbons (Fsp3) is 0.556. The third-order valence-electron chi connectivity index (χ3n) is 1.87. The van der Waals surface area contributed by atoms with Gasteiger partial charge in [-0.05, 0) is 38.2 Å². The molecule has 1 rings (SSSR count). The van der Waals surface area contributed by atoms with Crippen molar-refractivity contribution in [2.45, 2.75) is 32.1 Å². The van der Waals surface area contributed by atoms with E-state index in [-0.39, 0.29) is 0 Å². The maximum absolute atomic E-state index is 8.34. The fourth-order valence-electron chi connectivity index (χ4n) is 1.31. The van der Waals surface area contributed by atoms with Crippen molar-refractivity contribution in [2.24, 2.45) is 0 Å². The molecule has 10 heavy (non-hydrogen) atoms. The average Bonchev–Trinajstić information content (AvgIpc) is 2.41. The molecule has 0 radical (unpaired) electrons. The lowest BCUT2D eigenvalue weighted by atomic mass is 10.1. The maximum Gasteiger partial charge on any atom is 0.0751 e. The molecule has 0 unspecified atom stereocenters. The first-order valence-corrected chi connectivity index (χ1v) is 3.90. The van der Waals surface area contributed by atoms with Crippen LogP contribution in [0.25, 0.3) is 0 Å². The van der Waals surface area contributed by atoms with E-state index in [4.69, 9.17) is 5.11 Å². The van der Waals surface area contributed by atoms with E-state index in [1.54, 1.807) is 11.6 Å². The highest BCUT2D eigenvalue weighted by atomic mass is 16.2. The predicted molar refractivity (Wildman–Crippen MR) is 42.9 cm³/mol. The molecule has 56 valence electrons. The summed E-state index contributed by atoms with van der Waals surface area (Å²) in [5, 5.41) is 8.34. The second kappa shape index (κ2) is 4.15. The summed E-state index contributed by atoms with van der Waals surface area (Å²) in [6.45, 7) is 0. The minimum absolute atomic E-state index is 0.988. The van der Waals surface area contributed by atoms with Crippen LogP contribution in [0, 0.1) is 0 Å². The lowest BCUT2D eigenvalue weighted by Crippen LogP contribution is -1.75. The molecule has 1 nitrogen and oxygen atoms in total. The number of aliphatic hydroxyl groups excluding tert-OH is 1. The first-order chi connectivity index (χ1) is 4.93. The highest BCUT2D eigenvalue weighted by Crippen LogP contribution is 2.21. The minimum Gasteiger partial charge on any atom is -0.516 e. The van der Waals surface area contributed by atoms with E-state index in [0.29, 0.717) is 0 Å². The number of rotatable bonds is 3. The molecule has 0 aromatic heterocycles. The van der Waals surface area contributed by atoms with Gasteiger partial charge in [0, 0.05) is 0 Å². The largest absolute Gasteiger partial charge is 0.516 e. The van der Waals surface area contributed by atoms with Crippen LogP contribution in [0.1, 0.15) is 32.1 Å². The minimum atomic E-state index is 0.988. The molecule has 1 aliphatic carbocycles. The van der Waals surface area contributed by atoms with Crippen molar-refractivity contribution in [3.8, 4) is 0 Å². The Bertz CT molecular complexity index is 145. The molecule has 1 N–H and O–H groups in total. The van der Waals surface area contributed by atoms with Crippen molar-refractivity contribution in [3.63, 3.8) is 0 Å². The Labute approximate surface area is 62.1 Å². The Hall–Kier alpha value is -0.720. The molecule has 0 saturated heterocycles. The van der Waals surface area contributed by atoms with Crippen LogP contribution in [0.5, 0.6) is 0 Å². The normalized spacial score (nSPS) is 18.2. The maximum atomic E-state index is 8.34. The van der Waals surface area contributed by atoms with E-state index >= 15 is 0 Å². The zero-order valence-corrected chi connectivity index (χ0v) is 6.21. The summed E-state index contributed by atoms with van der Waals surface area (Å²) in [5.74, 6) is 0. The van der Waals surface area contributed by atoms with Gasteiger partial charge in [0.25, 0.3) is 0 Å². The van der Waals surface area contributed by atoms with Gasteiger partial charge in [-0.3, -0.25) is 0 Å². The van der Waals surface area contributed by atoms with Crippen LogP contribution in [-0.2, 0) is 0 Å². The van der Waals surface area contributed by atoms with E-state index in [2.05, 4.69) is 6.08 Å². The third kappa shape index (κ3) is 2.26. The van der Waals surface area contributed by atoms with Gasteiger partial charge in [-0.25, -0.2) is 0 Å². The van der Waals surface area contributed by atoms with Crippen LogP contribution in [0.15, 0.2) is 24.0 Å². The molecule has 0 aromatic rings. The Morgan fingerprint density at radius 2 is 2.50 bits per heavy atom. The van der Waals surface area contributed by atoms with E-state index in [0.717, 1.165) is 19.1 Å². The topological polar surface area (TPSA) is 20.2 Å². The van der Waals surface area contributed by atoms with Gasteiger partial charge < -0.3 is 5.11 Å². The van der Waals surface area contributed by atoms with E-state index in [1.807, 2.05) is 0 Å². The molecule has 0 aromatic carbocycles. The first-order valence-electron chi connectivity index (χ1n) is 3.90. The summed E-state index contributed by atoms with van der Waals surface area (Å²) in [6, 6.07) is 0. The van der Waals surface area contributed by atoms with Crippen molar-refractivity contribution in [3.05, 3.63) is 24.0 Å². The molecular formula is C9H14O. The molecule has 0 heterocycles. The molecule has 0 aliphatic heterocycles. The summed E-state index contributed by atoms with van der Waals surface area (Å²) in [7, 11) is 0. The predicted octanol–water partition coefficient (Wildman–Crippen LogP) is 2.95. The quantitative estimate of drug-likeness (QED) is 0.469. The molecule has 0 atom stereocenters. The standard InChI is InChI=1S/C9H14O/c10-8-4-3-7-9-5-1-2-6-9/h4-5,8,10H,1-3,6-7H2. The number of aliphatic hydroxyl groups is 1. The van der Waals surface area contributed by atoms with Crippen molar-refractivity contribution in [2.75, 3.05) is 0 Å². The van der Waals surface area contributed by atoms with Crippen LogP contribution < -0.4 is 0 Å². The molecule has 0 spiro atoms. The summed E-state index contributed by atoms with van der Waals surface area (Å²) in [4.78, 5) is 0. The van der Waals surface area contributed by atoms with Gasteiger partial charge >= 0.3 is 0 Å². The lowest BCUT2D eigenvalue weighted by Gasteiger charge is -1.95. The van der Waals surface area contributed by atoms with Gasteiger partial charge in [0.05, 0.1) is 6.26 Å². The van der Waals surface area contributed by atoms with Gasteiger partial charge in [0.2, 0.25) is 0 Å². The molecule has 1 aliphatic rings. The van der Waals surface area contributed by atoms with Gasteiger partial charge in [0.15, 0.2) is 0 Å². The van der Waals surface area contributed by atoms with Crippen molar-refractivity contribution in [1.29, 1.82) is 0 Å². The molecule has 1 heteroatoms. The highest BCUT2D eigenvalue weighted by molar-refractivity contribution is 5.07. The van der Waals surface area contributed by atoms with Crippen LogP contribution in [-0.4, -0.2) is 5.11 Å². The highest BCUT2D eigenvalue weighted by Gasteiger charge is 2.01. The SMILES string of the molecule is OC=CCCC1=CCCC1. The molecule has 0 amide bonds. The molecular weight excluding hydrogens is 124 g/mol.